The van der Waals surface area contributed by atoms with E-state index < -0.39 is 0 Å². The maximum absolute atomic E-state index is 8.90. The van der Waals surface area contributed by atoms with Crippen LogP contribution in [0.5, 0.6) is 0 Å². The second-order valence-electron chi connectivity index (χ2n) is 3.56. The zero-order valence-electron chi connectivity index (χ0n) is 8.36. The van der Waals surface area contributed by atoms with Crippen LogP contribution in [0, 0.1) is 11.3 Å². The molecule has 0 fully saturated rings. The number of aryl methyl sites for hydroxylation is 1. The molecule has 0 aliphatic heterocycles. The lowest BCUT2D eigenvalue weighted by molar-refractivity contribution is 0.928. The minimum absolute atomic E-state index is 0.0406. The van der Waals surface area contributed by atoms with Crippen molar-refractivity contribution in [1.29, 1.82) is 5.26 Å². The van der Waals surface area contributed by atoms with Crippen molar-refractivity contribution < 1.29 is 0 Å². The van der Waals surface area contributed by atoms with Gasteiger partial charge in [0.15, 0.2) is 0 Å². The quantitative estimate of drug-likeness (QED) is 0.670. The Labute approximate surface area is 83.4 Å². The molecule has 0 amide bonds. The van der Waals surface area contributed by atoms with Crippen molar-refractivity contribution in [3.63, 3.8) is 0 Å². The summed E-state index contributed by atoms with van der Waals surface area (Å²) in [6, 6.07) is 10.4. The molecule has 0 saturated heterocycles. The molecular weight excluding hydrogens is 172 g/mol. The molecule has 2 rings (SSSR count). The van der Waals surface area contributed by atoms with E-state index in [2.05, 4.69) is 22.8 Å². The van der Waals surface area contributed by atoms with Crippen molar-refractivity contribution in [1.82, 2.24) is 4.57 Å². The predicted molar refractivity (Wildman–Crippen MR) is 56.9 cm³/mol. The molecule has 1 atom stereocenters. The number of rotatable bonds is 1. The average Bonchev–Trinajstić information content (AvgIpc) is 2.56. The summed E-state index contributed by atoms with van der Waals surface area (Å²) in [6.45, 7) is 1.93. The zero-order valence-corrected chi connectivity index (χ0v) is 8.36. The minimum atomic E-state index is -0.0406. The molecule has 2 nitrogen and oxygen atoms in total. The molecule has 0 aliphatic rings. The van der Waals surface area contributed by atoms with E-state index in [1.807, 2.05) is 32.3 Å². The molecule has 0 aliphatic carbocycles. The third-order valence-corrected chi connectivity index (χ3v) is 2.59. The average molecular weight is 184 g/mol. The molecule has 1 unspecified atom stereocenters. The van der Waals surface area contributed by atoms with Gasteiger partial charge < -0.3 is 4.57 Å². The lowest BCUT2D eigenvalue weighted by Gasteiger charge is -1.98. The van der Waals surface area contributed by atoms with Crippen molar-refractivity contribution in [3.8, 4) is 6.07 Å². The third kappa shape index (κ3) is 1.18. The van der Waals surface area contributed by atoms with Crippen LogP contribution in [-0.2, 0) is 7.05 Å². The number of hydrogen-bond acceptors (Lipinski definition) is 1. The summed E-state index contributed by atoms with van der Waals surface area (Å²) >= 11 is 0. The van der Waals surface area contributed by atoms with E-state index in [1.165, 1.54) is 10.9 Å². The normalized spacial score (nSPS) is 12.6. The fourth-order valence-electron chi connectivity index (χ4n) is 1.79. The van der Waals surface area contributed by atoms with Crippen LogP contribution in [-0.4, -0.2) is 4.57 Å². The maximum atomic E-state index is 8.90. The standard InChI is InChI=1S/C12H12N2/c1-9(7-13)11-8-14(2)12-6-4-3-5-10(11)12/h3-6,8-9H,1-2H3. The number of aromatic nitrogens is 1. The summed E-state index contributed by atoms with van der Waals surface area (Å²) in [4.78, 5) is 0. The first-order valence-electron chi connectivity index (χ1n) is 4.67. The largest absolute Gasteiger partial charge is 0.350 e. The first kappa shape index (κ1) is 8.83. The van der Waals surface area contributed by atoms with E-state index in [-0.39, 0.29) is 5.92 Å². The van der Waals surface area contributed by atoms with Crippen LogP contribution in [0.3, 0.4) is 0 Å². The van der Waals surface area contributed by atoms with E-state index in [0.717, 1.165) is 5.56 Å². The van der Waals surface area contributed by atoms with Crippen LogP contribution in [0.2, 0.25) is 0 Å². The Morgan fingerprint density at radius 1 is 1.36 bits per heavy atom. The zero-order chi connectivity index (χ0) is 10.1. The van der Waals surface area contributed by atoms with E-state index in [0.29, 0.717) is 0 Å². The topological polar surface area (TPSA) is 28.7 Å². The van der Waals surface area contributed by atoms with Crippen LogP contribution in [0.1, 0.15) is 18.4 Å². The summed E-state index contributed by atoms with van der Waals surface area (Å²) in [5.41, 5.74) is 2.30. The van der Waals surface area contributed by atoms with E-state index >= 15 is 0 Å². The molecule has 1 heterocycles. The van der Waals surface area contributed by atoms with Gasteiger partial charge in [-0.15, -0.1) is 0 Å². The second-order valence-corrected chi connectivity index (χ2v) is 3.56. The Hall–Kier alpha value is -1.75. The SMILES string of the molecule is CC(C#N)c1cn(C)c2ccccc12. The molecule has 2 heteroatoms. The Balaban J connectivity index is 2.74. The number of hydrogen-bond donors (Lipinski definition) is 0. The van der Waals surface area contributed by atoms with Crippen LogP contribution in [0.25, 0.3) is 10.9 Å². The monoisotopic (exact) mass is 184 g/mol. The number of fused-ring (bicyclic) bond motifs is 1. The lowest BCUT2D eigenvalue weighted by Crippen LogP contribution is -1.86. The van der Waals surface area contributed by atoms with Gasteiger partial charge in [0.25, 0.3) is 0 Å². The smallest absolute Gasteiger partial charge is 0.0705 e. The van der Waals surface area contributed by atoms with Gasteiger partial charge in [-0.1, -0.05) is 18.2 Å². The van der Waals surface area contributed by atoms with Gasteiger partial charge in [-0.05, 0) is 18.6 Å². The van der Waals surface area contributed by atoms with E-state index in [9.17, 15) is 0 Å². The molecule has 2 aromatic rings. The molecule has 0 N–H and O–H groups in total. The number of nitrogens with zero attached hydrogens (tertiary/aromatic N) is 2. The minimum Gasteiger partial charge on any atom is -0.350 e. The first-order chi connectivity index (χ1) is 6.74. The van der Waals surface area contributed by atoms with Crippen LogP contribution in [0.15, 0.2) is 30.5 Å². The van der Waals surface area contributed by atoms with E-state index in [4.69, 9.17) is 5.26 Å². The van der Waals surface area contributed by atoms with Crippen molar-refractivity contribution in [2.24, 2.45) is 7.05 Å². The van der Waals surface area contributed by atoms with Gasteiger partial charge in [-0.3, -0.25) is 0 Å². The van der Waals surface area contributed by atoms with Crippen molar-refractivity contribution in [2.75, 3.05) is 0 Å². The summed E-state index contributed by atoms with van der Waals surface area (Å²) in [5.74, 6) is -0.0406. The summed E-state index contributed by atoms with van der Waals surface area (Å²) in [6.07, 6.45) is 2.04. The molecule has 70 valence electrons. The fraction of sp³-hybridized carbons (Fsp3) is 0.250. The first-order valence-corrected chi connectivity index (χ1v) is 4.67. The highest BCUT2D eigenvalue weighted by Gasteiger charge is 2.11. The van der Waals surface area contributed by atoms with Gasteiger partial charge in [0.2, 0.25) is 0 Å². The summed E-state index contributed by atoms with van der Waals surface area (Å²) < 4.78 is 2.07. The molecule has 0 radical (unpaired) electrons. The highest BCUT2D eigenvalue weighted by molar-refractivity contribution is 5.84. The Morgan fingerprint density at radius 2 is 2.07 bits per heavy atom. The predicted octanol–water partition coefficient (Wildman–Crippen LogP) is 2.81. The molecule has 14 heavy (non-hydrogen) atoms. The number of benzene rings is 1. The van der Waals surface area contributed by atoms with Gasteiger partial charge >= 0.3 is 0 Å². The molecule has 0 bridgehead atoms. The van der Waals surface area contributed by atoms with Gasteiger partial charge in [0.05, 0.1) is 12.0 Å². The number of para-hydroxylation sites is 1. The van der Waals surface area contributed by atoms with Gasteiger partial charge in [-0.25, -0.2) is 0 Å². The van der Waals surface area contributed by atoms with Gasteiger partial charge in [-0.2, -0.15) is 5.26 Å². The molecular formula is C12H12N2. The molecule has 0 saturated carbocycles. The maximum Gasteiger partial charge on any atom is 0.0705 e. The van der Waals surface area contributed by atoms with Crippen LogP contribution >= 0.6 is 0 Å². The fourth-order valence-corrected chi connectivity index (χ4v) is 1.79. The Bertz CT molecular complexity index is 503. The summed E-state index contributed by atoms with van der Waals surface area (Å²) in [5, 5.41) is 10.1. The van der Waals surface area contributed by atoms with Crippen molar-refractivity contribution in [2.45, 2.75) is 12.8 Å². The van der Waals surface area contributed by atoms with E-state index in [1.54, 1.807) is 0 Å². The highest BCUT2D eigenvalue weighted by Crippen LogP contribution is 2.26. The molecule has 1 aromatic carbocycles. The third-order valence-electron chi connectivity index (χ3n) is 2.59. The molecule has 0 spiro atoms. The van der Waals surface area contributed by atoms with Crippen LogP contribution < -0.4 is 0 Å². The Kier molecular flexibility index (Phi) is 2.01. The lowest BCUT2D eigenvalue weighted by atomic mass is 10.0. The highest BCUT2D eigenvalue weighted by atomic mass is 14.9. The van der Waals surface area contributed by atoms with Crippen molar-refractivity contribution >= 4 is 10.9 Å². The van der Waals surface area contributed by atoms with Gasteiger partial charge in [0.1, 0.15) is 0 Å². The number of nitriles is 1. The second kappa shape index (κ2) is 3.19. The van der Waals surface area contributed by atoms with Crippen molar-refractivity contribution in [3.05, 3.63) is 36.0 Å². The Morgan fingerprint density at radius 3 is 2.79 bits per heavy atom. The van der Waals surface area contributed by atoms with Gasteiger partial charge in [0, 0.05) is 24.1 Å². The summed E-state index contributed by atoms with van der Waals surface area (Å²) in [7, 11) is 2.01. The van der Waals surface area contributed by atoms with Crippen LogP contribution in [0.4, 0.5) is 0 Å². The molecule has 1 aromatic heterocycles.